The van der Waals surface area contributed by atoms with Gasteiger partial charge in [-0.25, -0.2) is 0 Å². The van der Waals surface area contributed by atoms with E-state index < -0.39 is 0 Å². The van der Waals surface area contributed by atoms with Crippen LogP contribution in [0.1, 0.15) is 40.5 Å². The predicted octanol–water partition coefficient (Wildman–Crippen LogP) is 5.37. The lowest BCUT2D eigenvalue weighted by molar-refractivity contribution is 0.971. The van der Waals surface area contributed by atoms with Crippen LogP contribution in [0.25, 0.3) is 0 Å². The summed E-state index contributed by atoms with van der Waals surface area (Å²) in [7, 11) is 0. The van der Waals surface area contributed by atoms with Crippen LogP contribution in [-0.4, -0.2) is 0 Å². The molecule has 0 nitrogen and oxygen atoms in total. The lowest BCUT2D eigenvalue weighted by Crippen LogP contribution is -1.76. The minimum absolute atomic E-state index is 1.10. The van der Waals surface area contributed by atoms with Gasteiger partial charge in [0.15, 0.2) is 0 Å². The summed E-state index contributed by atoms with van der Waals surface area (Å²) in [5.74, 6) is 0. The van der Waals surface area contributed by atoms with Crippen LogP contribution >= 0.6 is 0 Å². The lowest BCUT2D eigenvalue weighted by atomic mass is 10.1. The molecular weight excluding hydrogens is 192 g/mol. The average Bonchev–Trinajstić information content (AvgIpc) is 2.17. The molecular formula is C16H24. The zero-order chi connectivity index (χ0) is 12.4. The van der Waals surface area contributed by atoms with Gasteiger partial charge >= 0.3 is 0 Å². The third kappa shape index (κ3) is 9.26. The van der Waals surface area contributed by atoms with Gasteiger partial charge in [0.05, 0.1) is 0 Å². The zero-order valence-electron chi connectivity index (χ0n) is 11.1. The van der Waals surface area contributed by atoms with Crippen molar-refractivity contribution >= 4 is 0 Å². The number of allylic oxidation sites excluding steroid dienone is 9. The molecule has 0 atom stereocenters. The summed E-state index contributed by atoms with van der Waals surface area (Å²) in [6.07, 6.45) is 14.8. The van der Waals surface area contributed by atoms with Gasteiger partial charge in [-0.3, -0.25) is 0 Å². The minimum Gasteiger partial charge on any atom is -0.0991 e. The first kappa shape index (κ1) is 14.7. The highest BCUT2D eigenvalue weighted by atomic mass is 13.9. The second-order valence-corrected chi connectivity index (χ2v) is 4.34. The molecule has 0 aromatic carbocycles. The van der Waals surface area contributed by atoms with Crippen molar-refractivity contribution in [2.24, 2.45) is 0 Å². The molecule has 0 saturated heterocycles. The van der Waals surface area contributed by atoms with E-state index in [0.717, 1.165) is 12.8 Å². The molecule has 0 amide bonds. The molecule has 0 heterocycles. The summed E-state index contributed by atoms with van der Waals surface area (Å²) in [5.41, 5.74) is 4.03. The van der Waals surface area contributed by atoms with E-state index in [0.29, 0.717) is 0 Å². The third-order valence-corrected chi connectivity index (χ3v) is 2.20. The molecule has 0 N–H and O–H groups in total. The van der Waals surface area contributed by atoms with Crippen LogP contribution in [0, 0.1) is 0 Å². The Morgan fingerprint density at radius 1 is 1.06 bits per heavy atom. The van der Waals surface area contributed by atoms with Gasteiger partial charge in [-0.1, -0.05) is 59.8 Å². The summed E-state index contributed by atoms with van der Waals surface area (Å²) in [5, 5.41) is 0. The minimum atomic E-state index is 1.10. The van der Waals surface area contributed by atoms with Crippen molar-refractivity contribution in [2.75, 3.05) is 0 Å². The van der Waals surface area contributed by atoms with Gasteiger partial charge in [0.25, 0.3) is 0 Å². The molecule has 0 fully saturated rings. The maximum atomic E-state index is 3.69. The van der Waals surface area contributed by atoms with Gasteiger partial charge in [-0.05, 0) is 40.5 Å². The molecule has 0 heteroatoms. The van der Waals surface area contributed by atoms with E-state index in [1.807, 2.05) is 6.08 Å². The highest BCUT2D eigenvalue weighted by Crippen LogP contribution is 2.07. The number of hydrogen-bond acceptors (Lipinski definition) is 0. The fourth-order valence-corrected chi connectivity index (χ4v) is 1.27. The Hall–Kier alpha value is -1.30. The van der Waals surface area contributed by atoms with Gasteiger partial charge < -0.3 is 0 Å². The standard InChI is InChI=1S/C16H24/c1-6-9-15(4)12-8-13-16(5)11-7-10-14(2)3/h6-7,9-11,13H,1,8,12H2,2-5H3/b11-7+,15-9+,16-13+. The van der Waals surface area contributed by atoms with Gasteiger partial charge in [-0.2, -0.15) is 0 Å². The van der Waals surface area contributed by atoms with Crippen LogP contribution in [0.15, 0.2) is 59.8 Å². The summed E-state index contributed by atoms with van der Waals surface area (Å²) in [6.45, 7) is 12.2. The molecule has 0 aliphatic heterocycles. The van der Waals surface area contributed by atoms with Crippen LogP contribution in [-0.2, 0) is 0 Å². The van der Waals surface area contributed by atoms with Gasteiger partial charge in [0.1, 0.15) is 0 Å². The molecule has 0 aliphatic carbocycles. The molecule has 0 radical (unpaired) electrons. The Bertz CT molecular complexity index is 318. The van der Waals surface area contributed by atoms with Gasteiger partial charge in [-0.15, -0.1) is 0 Å². The van der Waals surface area contributed by atoms with Crippen molar-refractivity contribution in [1.29, 1.82) is 0 Å². The van der Waals surface area contributed by atoms with E-state index >= 15 is 0 Å². The molecule has 0 aromatic rings. The van der Waals surface area contributed by atoms with E-state index in [1.54, 1.807) is 0 Å². The van der Waals surface area contributed by atoms with Gasteiger partial charge in [0.2, 0.25) is 0 Å². The first-order valence-corrected chi connectivity index (χ1v) is 5.82. The summed E-state index contributed by atoms with van der Waals surface area (Å²) in [4.78, 5) is 0. The van der Waals surface area contributed by atoms with Gasteiger partial charge in [0, 0.05) is 0 Å². The normalized spacial score (nSPS) is 13.0. The Labute approximate surface area is 101 Å². The molecule has 0 rings (SSSR count). The highest BCUT2D eigenvalue weighted by molar-refractivity contribution is 5.22. The molecule has 0 bridgehead atoms. The van der Waals surface area contributed by atoms with Crippen LogP contribution in [0.4, 0.5) is 0 Å². The van der Waals surface area contributed by atoms with Crippen LogP contribution < -0.4 is 0 Å². The monoisotopic (exact) mass is 216 g/mol. The first-order chi connectivity index (χ1) is 7.56. The summed E-state index contributed by atoms with van der Waals surface area (Å²) < 4.78 is 0. The Morgan fingerprint density at radius 3 is 2.31 bits per heavy atom. The van der Waals surface area contributed by atoms with Crippen LogP contribution in [0.2, 0.25) is 0 Å². The second-order valence-electron chi connectivity index (χ2n) is 4.34. The van der Waals surface area contributed by atoms with Crippen LogP contribution in [0.5, 0.6) is 0 Å². The van der Waals surface area contributed by atoms with Crippen molar-refractivity contribution in [2.45, 2.75) is 40.5 Å². The first-order valence-electron chi connectivity index (χ1n) is 5.82. The quantitative estimate of drug-likeness (QED) is 0.524. The van der Waals surface area contributed by atoms with E-state index in [9.17, 15) is 0 Å². The molecule has 0 saturated carbocycles. The fraction of sp³-hybridized carbons (Fsp3) is 0.375. The summed E-state index contributed by atoms with van der Waals surface area (Å²) in [6, 6.07) is 0. The summed E-state index contributed by atoms with van der Waals surface area (Å²) >= 11 is 0. The number of hydrogen-bond donors (Lipinski definition) is 0. The van der Waals surface area contributed by atoms with E-state index in [1.165, 1.54) is 16.7 Å². The number of rotatable bonds is 6. The Morgan fingerprint density at radius 2 is 1.75 bits per heavy atom. The highest BCUT2D eigenvalue weighted by Gasteiger charge is 1.87. The zero-order valence-corrected chi connectivity index (χ0v) is 11.1. The molecule has 0 aromatic heterocycles. The SMILES string of the molecule is C=C/C=C(\C)CC/C=C(C)/C=C/C=C(C)C. The van der Waals surface area contributed by atoms with E-state index in [4.69, 9.17) is 0 Å². The van der Waals surface area contributed by atoms with Crippen LogP contribution in [0.3, 0.4) is 0 Å². The van der Waals surface area contributed by atoms with Crippen molar-refractivity contribution < 1.29 is 0 Å². The Balaban J connectivity index is 4.06. The van der Waals surface area contributed by atoms with Crippen molar-refractivity contribution in [3.63, 3.8) is 0 Å². The molecule has 0 unspecified atom stereocenters. The van der Waals surface area contributed by atoms with E-state index in [2.05, 4.69) is 64.7 Å². The maximum absolute atomic E-state index is 3.69. The topological polar surface area (TPSA) is 0 Å². The molecule has 0 aliphatic rings. The molecule has 88 valence electrons. The maximum Gasteiger partial charge on any atom is -0.0285 e. The third-order valence-electron chi connectivity index (χ3n) is 2.20. The largest absolute Gasteiger partial charge is 0.0991 e. The molecule has 0 spiro atoms. The molecule has 16 heavy (non-hydrogen) atoms. The second kappa shape index (κ2) is 8.96. The fourth-order valence-electron chi connectivity index (χ4n) is 1.27. The average molecular weight is 216 g/mol. The Kier molecular flexibility index (Phi) is 8.24. The smallest absolute Gasteiger partial charge is 0.0285 e. The lowest BCUT2D eigenvalue weighted by Gasteiger charge is -1.96. The van der Waals surface area contributed by atoms with Crippen molar-refractivity contribution in [1.82, 2.24) is 0 Å². The van der Waals surface area contributed by atoms with Crippen molar-refractivity contribution in [3.8, 4) is 0 Å². The predicted molar refractivity (Wildman–Crippen MR) is 75.5 cm³/mol. The van der Waals surface area contributed by atoms with Crippen molar-refractivity contribution in [3.05, 3.63) is 59.8 Å². The van der Waals surface area contributed by atoms with E-state index in [-0.39, 0.29) is 0 Å².